The van der Waals surface area contributed by atoms with Crippen LogP contribution in [0.5, 0.6) is 5.75 Å². The molecule has 5 nitrogen and oxygen atoms in total. The summed E-state index contributed by atoms with van der Waals surface area (Å²) >= 11 is 1.20. The predicted octanol–water partition coefficient (Wildman–Crippen LogP) is 0.739. The summed E-state index contributed by atoms with van der Waals surface area (Å²) in [6.45, 7) is 3.79. The lowest BCUT2D eigenvalue weighted by atomic mass is 10.3. The second-order valence-electron chi connectivity index (χ2n) is 3.95. The molecule has 0 aromatic carbocycles. The highest BCUT2D eigenvalue weighted by molar-refractivity contribution is 7.91. The van der Waals surface area contributed by atoms with E-state index in [0.717, 1.165) is 0 Å². The second kappa shape index (κ2) is 4.93. The number of methoxy groups -OCH3 is 1. The molecule has 0 saturated carbocycles. The van der Waals surface area contributed by atoms with Crippen molar-refractivity contribution < 1.29 is 13.2 Å². The maximum absolute atomic E-state index is 12.5. The van der Waals surface area contributed by atoms with E-state index >= 15 is 0 Å². The van der Waals surface area contributed by atoms with Crippen LogP contribution in [0.1, 0.15) is 6.92 Å². The summed E-state index contributed by atoms with van der Waals surface area (Å²) in [6.07, 6.45) is 0. The summed E-state index contributed by atoms with van der Waals surface area (Å²) in [4.78, 5) is 0. The van der Waals surface area contributed by atoms with Gasteiger partial charge in [0.1, 0.15) is 5.75 Å². The van der Waals surface area contributed by atoms with Gasteiger partial charge in [0, 0.05) is 25.7 Å². The molecule has 1 fully saturated rings. The Morgan fingerprint density at radius 2 is 2.35 bits per heavy atom. The molecule has 1 aliphatic heterocycles. The molecule has 0 aliphatic carbocycles. The number of hydrogen-bond donors (Lipinski definition) is 1. The summed E-state index contributed by atoms with van der Waals surface area (Å²) in [5.74, 6) is 0.431. The quantitative estimate of drug-likeness (QED) is 0.884. The van der Waals surface area contributed by atoms with Crippen LogP contribution in [0.4, 0.5) is 0 Å². The van der Waals surface area contributed by atoms with Gasteiger partial charge in [-0.1, -0.05) is 0 Å². The van der Waals surface area contributed by atoms with Crippen LogP contribution in [-0.2, 0) is 10.0 Å². The smallest absolute Gasteiger partial charge is 0.256 e. The van der Waals surface area contributed by atoms with Crippen LogP contribution in [0.15, 0.2) is 15.7 Å². The highest BCUT2D eigenvalue weighted by Gasteiger charge is 2.33. The molecule has 0 radical (unpaired) electrons. The van der Waals surface area contributed by atoms with Crippen molar-refractivity contribution in [2.45, 2.75) is 17.2 Å². The van der Waals surface area contributed by atoms with Crippen LogP contribution in [0.3, 0.4) is 0 Å². The number of ether oxygens (including phenoxy) is 1. The fraction of sp³-hybridized carbons (Fsp3) is 0.600. The van der Waals surface area contributed by atoms with Gasteiger partial charge in [0.05, 0.1) is 7.11 Å². The monoisotopic (exact) mass is 276 g/mol. The molecule has 1 saturated heterocycles. The van der Waals surface area contributed by atoms with Gasteiger partial charge in [0.15, 0.2) is 4.21 Å². The third kappa shape index (κ3) is 2.33. The Morgan fingerprint density at radius 3 is 3.00 bits per heavy atom. The van der Waals surface area contributed by atoms with Gasteiger partial charge in [-0.3, -0.25) is 0 Å². The van der Waals surface area contributed by atoms with Crippen molar-refractivity contribution in [1.82, 2.24) is 9.62 Å². The Labute approximate surface area is 105 Å². The molecule has 17 heavy (non-hydrogen) atoms. The minimum Gasteiger partial charge on any atom is -0.494 e. The third-order valence-corrected chi connectivity index (χ3v) is 6.24. The molecular formula is C10H16N2O3S2. The zero-order valence-electron chi connectivity index (χ0n) is 9.84. The number of hydrogen-bond acceptors (Lipinski definition) is 5. The van der Waals surface area contributed by atoms with Gasteiger partial charge in [-0.2, -0.15) is 4.31 Å². The molecular weight excluding hydrogens is 260 g/mol. The highest BCUT2D eigenvalue weighted by Crippen LogP contribution is 2.32. The minimum atomic E-state index is -3.42. The van der Waals surface area contributed by atoms with Crippen LogP contribution < -0.4 is 10.1 Å². The predicted molar refractivity (Wildman–Crippen MR) is 67.1 cm³/mol. The zero-order valence-corrected chi connectivity index (χ0v) is 11.5. The molecule has 0 unspecified atom stereocenters. The maximum atomic E-state index is 12.5. The number of nitrogens with one attached hydrogen (secondary N) is 1. The molecule has 0 amide bonds. The molecule has 0 bridgehead atoms. The SMILES string of the molecule is COc1ccsc1S(=O)(=O)N1CCNC[C@H]1C. The Hall–Kier alpha value is -0.630. The van der Waals surface area contributed by atoms with Crippen molar-refractivity contribution in [2.24, 2.45) is 0 Å². The molecule has 96 valence electrons. The number of thiophene rings is 1. The van der Waals surface area contributed by atoms with Gasteiger partial charge in [0.2, 0.25) is 0 Å². The van der Waals surface area contributed by atoms with E-state index in [0.29, 0.717) is 29.6 Å². The lowest BCUT2D eigenvalue weighted by molar-refractivity contribution is 0.283. The molecule has 7 heteroatoms. The van der Waals surface area contributed by atoms with Crippen molar-refractivity contribution in [2.75, 3.05) is 26.7 Å². The van der Waals surface area contributed by atoms with E-state index < -0.39 is 10.0 Å². The lowest BCUT2D eigenvalue weighted by Gasteiger charge is -2.32. The number of nitrogens with zero attached hydrogens (tertiary/aromatic N) is 1. The summed E-state index contributed by atoms with van der Waals surface area (Å²) in [5.41, 5.74) is 0. The number of sulfonamides is 1. The second-order valence-corrected chi connectivity index (χ2v) is 6.95. The maximum Gasteiger partial charge on any atom is 0.256 e. The van der Waals surface area contributed by atoms with E-state index in [1.807, 2.05) is 6.92 Å². The fourth-order valence-electron chi connectivity index (χ4n) is 1.91. The Kier molecular flexibility index (Phi) is 3.72. The van der Waals surface area contributed by atoms with Crippen molar-refractivity contribution in [3.05, 3.63) is 11.4 Å². The molecule has 1 N–H and O–H groups in total. The van der Waals surface area contributed by atoms with Gasteiger partial charge in [-0.15, -0.1) is 11.3 Å². The van der Waals surface area contributed by atoms with E-state index in [9.17, 15) is 8.42 Å². The van der Waals surface area contributed by atoms with Crippen molar-refractivity contribution in [3.63, 3.8) is 0 Å². The number of piperazine rings is 1. The van der Waals surface area contributed by atoms with Gasteiger partial charge in [0.25, 0.3) is 10.0 Å². The molecule has 1 atom stereocenters. The lowest BCUT2D eigenvalue weighted by Crippen LogP contribution is -2.51. The first-order chi connectivity index (χ1) is 8.07. The van der Waals surface area contributed by atoms with Crippen LogP contribution in [0.2, 0.25) is 0 Å². The molecule has 2 rings (SSSR count). The van der Waals surface area contributed by atoms with Gasteiger partial charge < -0.3 is 10.1 Å². The average molecular weight is 276 g/mol. The molecule has 1 aliphatic rings. The Bertz CT molecular complexity index is 483. The Balaban J connectivity index is 2.35. The summed E-state index contributed by atoms with van der Waals surface area (Å²) < 4.78 is 31.9. The van der Waals surface area contributed by atoms with E-state index in [2.05, 4.69) is 5.32 Å². The van der Waals surface area contributed by atoms with Gasteiger partial charge >= 0.3 is 0 Å². The van der Waals surface area contributed by atoms with Crippen molar-refractivity contribution in [1.29, 1.82) is 0 Å². The van der Waals surface area contributed by atoms with Crippen LogP contribution in [0.25, 0.3) is 0 Å². The summed E-state index contributed by atoms with van der Waals surface area (Å²) in [5, 5.41) is 4.91. The van der Waals surface area contributed by atoms with E-state index in [1.54, 1.807) is 11.4 Å². The molecule has 1 aromatic rings. The normalized spacial score (nSPS) is 22.6. The van der Waals surface area contributed by atoms with Crippen LogP contribution in [0, 0.1) is 0 Å². The highest BCUT2D eigenvalue weighted by atomic mass is 32.2. The zero-order chi connectivity index (χ0) is 12.5. The number of rotatable bonds is 3. The molecule has 2 heterocycles. The largest absolute Gasteiger partial charge is 0.494 e. The first-order valence-corrected chi connectivity index (χ1v) is 7.73. The molecule has 1 aromatic heterocycles. The van der Waals surface area contributed by atoms with Crippen molar-refractivity contribution >= 4 is 21.4 Å². The average Bonchev–Trinajstić information content (AvgIpc) is 2.78. The first-order valence-electron chi connectivity index (χ1n) is 5.41. The van der Waals surface area contributed by atoms with Gasteiger partial charge in [-0.05, 0) is 18.4 Å². The van der Waals surface area contributed by atoms with E-state index in [4.69, 9.17) is 4.74 Å². The fourth-order valence-corrected chi connectivity index (χ4v) is 4.93. The molecule has 0 spiro atoms. The first kappa shape index (κ1) is 12.8. The van der Waals surface area contributed by atoms with E-state index in [1.165, 1.54) is 22.8 Å². The summed E-state index contributed by atoms with van der Waals surface area (Å²) in [7, 11) is -1.94. The minimum absolute atomic E-state index is 0.0273. The van der Waals surface area contributed by atoms with Crippen LogP contribution >= 0.6 is 11.3 Å². The topological polar surface area (TPSA) is 58.6 Å². The third-order valence-electron chi connectivity index (χ3n) is 2.80. The standard InChI is InChI=1S/C10H16N2O3S2/c1-8-7-11-4-5-12(8)17(13,14)10-9(15-2)3-6-16-10/h3,6,8,11H,4-5,7H2,1-2H3/t8-/m1/s1. The van der Waals surface area contributed by atoms with Gasteiger partial charge in [-0.25, -0.2) is 8.42 Å². The van der Waals surface area contributed by atoms with E-state index in [-0.39, 0.29) is 6.04 Å². The summed E-state index contributed by atoms with van der Waals surface area (Å²) in [6, 6.07) is 1.66. The van der Waals surface area contributed by atoms with Crippen LogP contribution in [-0.4, -0.2) is 45.5 Å². The van der Waals surface area contributed by atoms with Crippen molar-refractivity contribution in [3.8, 4) is 5.75 Å². The Morgan fingerprint density at radius 1 is 1.59 bits per heavy atom.